The number of aromatic nitrogens is 6. The van der Waals surface area contributed by atoms with E-state index < -0.39 is 11.2 Å². The van der Waals surface area contributed by atoms with E-state index >= 15 is 0 Å². The number of hydrogen-bond donors (Lipinski definition) is 2. The Hall–Kier alpha value is -3.89. The number of ketones is 2. The molecule has 0 saturated carbocycles. The van der Waals surface area contributed by atoms with E-state index in [9.17, 15) is 14.4 Å². The molecule has 15 nitrogen and oxygen atoms in total. The highest BCUT2D eigenvalue weighted by molar-refractivity contribution is 5.97. The van der Waals surface area contributed by atoms with Crippen LogP contribution in [-0.4, -0.2) is 116 Å². The summed E-state index contributed by atoms with van der Waals surface area (Å²) < 4.78 is 28.9. The van der Waals surface area contributed by atoms with E-state index in [1.54, 1.807) is 18.5 Å². The molecular weight excluding hydrogens is 789 g/mol. The number of ether oxygens (including phenoxy) is 4. The van der Waals surface area contributed by atoms with Gasteiger partial charge in [-0.05, 0) is 104 Å². The summed E-state index contributed by atoms with van der Waals surface area (Å²) >= 11 is 0. The maximum Gasteiger partial charge on any atom is 0.251 e. The zero-order valence-corrected chi connectivity index (χ0v) is 39.9. The molecule has 348 valence electrons. The first kappa shape index (κ1) is 52.5. The molecule has 15 heteroatoms. The summed E-state index contributed by atoms with van der Waals surface area (Å²) in [6.07, 6.45) is 11.0. The van der Waals surface area contributed by atoms with Crippen LogP contribution in [0.25, 0.3) is 22.5 Å². The fourth-order valence-corrected chi connectivity index (χ4v) is 7.63. The maximum absolute atomic E-state index is 13.5. The number of rotatable bonds is 33. The topological polar surface area (TPSA) is 174 Å². The molecule has 3 rings (SSSR count). The molecule has 2 aromatic heterocycles. The molecule has 1 amide bonds. The van der Waals surface area contributed by atoms with Crippen molar-refractivity contribution >= 4 is 17.5 Å². The number of aryl methyl sites for hydroxylation is 1. The normalized spacial score (nSPS) is 14.9. The molecule has 0 spiro atoms. The zero-order chi connectivity index (χ0) is 45.8. The molecule has 3 atom stereocenters. The van der Waals surface area contributed by atoms with Crippen LogP contribution in [0.3, 0.4) is 0 Å². The smallest absolute Gasteiger partial charge is 0.251 e. The van der Waals surface area contributed by atoms with Gasteiger partial charge in [-0.1, -0.05) is 58.4 Å². The monoisotopic (exact) mass is 867 g/mol. The van der Waals surface area contributed by atoms with Crippen LogP contribution in [0.1, 0.15) is 151 Å². The molecule has 3 unspecified atom stereocenters. The fourth-order valence-electron chi connectivity index (χ4n) is 7.63. The number of carbonyl (C=O) groups excluding carboxylic acids is 3. The Bertz CT molecular complexity index is 1830. The van der Waals surface area contributed by atoms with Crippen molar-refractivity contribution in [2.24, 2.45) is 0 Å². The molecule has 0 radical (unpaired) electrons. The number of amides is 1. The lowest BCUT2D eigenvalue weighted by Gasteiger charge is -2.33. The van der Waals surface area contributed by atoms with Gasteiger partial charge < -0.3 is 34.4 Å². The second-order valence-corrected chi connectivity index (χ2v) is 17.5. The van der Waals surface area contributed by atoms with Gasteiger partial charge in [-0.15, -0.1) is 10.2 Å². The molecule has 0 bridgehead atoms. The number of nitrogens with one attached hydrogen (secondary N) is 2. The molecule has 62 heavy (non-hydrogen) atoms. The van der Waals surface area contributed by atoms with Gasteiger partial charge in [0.25, 0.3) is 5.91 Å². The van der Waals surface area contributed by atoms with Gasteiger partial charge in [-0.2, -0.15) is 0 Å². The van der Waals surface area contributed by atoms with E-state index in [0.29, 0.717) is 88.8 Å². The lowest BCUT2D eigenvalue weighted by molar-refractivity contribution is -0.131. The van der Waals surface area contributed by atoms with E-state index in [1.807, 2.05) is 56.0 Å². The lowest BCUT2D eigenvalue weighted by atomic mass is 9.93. The van der Waals surface area contributed by atoms with Crippen molar-refractivity contribution in [1.82, 2.24) is 40.6 Å². The first-order valence-electron chi connectivity index (χ1n) is 23.0. The van der Waals surface area contributed by atoms with Gasteiger partial charge in [0.1, 0.15) is 23.0 Å². The molecule has 0 fully saturated rings. The van der Waals surface area contributed by atoms with E-state index in [-0.39, 0.29) is 28.7 Å². The van der Waals surface area contributed by atoms with Gasteiger partial charge in [0.05, 0.1) is 67.8 Å². The van der Waals surface area contributed by atoms with E-state index in [2.05, 4.69) is 72.8 Å². The molecule has 0 aliphatic heterocycles. The minimum atomic E-state index is -0.548. The summed E-state index contributed by atoms with van der Waals surface area (Å²) in [5, 5.41) is 24.3. The molecule has 3 aromatic rings. The van der Waals surface area contributed by atoms with Crippen molar-refractivity contribution in [2.75, 3.05) is 46.1 Å². The number of benzene rings is 1. The minimum Gasteiger partial charge on any atom is -0.373 e. The highest BCUT2D eigenvalue weighted by Gasteiger charge is 2.30. The Morgan fingerprint density at radius 1 is 0.645 bits per heavy atom. The Kier molecular flexibility index (Phi) is 21.5. The van der Waals surface area contributed by atoms with Gasteiger partial charge >= 0.3 is 0 Å². The van der Waals surface area contributed by atoms with Gasteiger partial charge in [0.15, 0.2) is 0 Å². The molecule has 1 aromatic carbocycles. The molecule has 0 aliphatic rings. The Morgan fingerprint density at radius 3 is 1.76 bits per heavy atom. The van der Waals surface area contributed by atoms with Gasteiger partial charge in [-0.3, -0.25) is 14.3 Å². The predicted molar refractivity (Wildman–Crippen MR) is 243 cm³/mol. The number of likely N-dealkylation sites (N-methyl/N-ethyl adjacent to an activating group) is 1. The summed E-state index contributed by atoms with van der Waals surface area (Å²) in [4.78, 5) is 37.0. The second kappa shape index (κ2) is 25.4. The van der Waals surface area contributed by atoms with Gasteiger partial charge in [0.2, 0.25) is 0 Å². The summed E-state index contributed by atoms with van der Waals surface area (Å²) in [6.45, 7) is 26.5. The number of nitrogens with zero attached hydrogens (tertiary/aromatic N) is 6. The van der Waals surface area contributed by atoms with Crippen LogP contribution >= 0.6 is 0 Å². The molecular formula is C47H78N8O7. The van der Waals surface area contributed by atoms with Crippen molar-refractivity contribution < 1.29 is 33.3 Å². The minimum absolute atomic E-state index is 0.112. The number of hydrogen-bond acceptors (Lipinski definition) is 12. The van der Waals surface area contributed by atoms with Crippen LogP contribution in [0.4, 0.5) is 0 Å². The Labute approximate surface area is 371 Å². The summed E-state index contributed by atoms with van der Waals surface area (Å²) in [7, 11) is 0. The van der Waals surface area contributed by atoms with Crippen molar-refractivity contribution in [3.63, 3.8) is 0 Å². The summed E-state index contributed by atoms with van der Waals surface area (Å²) in [6, 6.07) is 5.63. The first-order chi connectivity index (χ1) is 29.5. The summed E-state index contributed by atoms with van der Waals surface area (Å²) in [5.74, 6) is 0.0827. The van der Waals surface area contributed by atoms with Crippen molar-refractivity contribution in [3.05, 3.63) is 36.2 Å². The highest BCUT2D eigenvalue weighted by Crippen LogP contribution is 2.30. The quantitative estimate of drug-likeness (QED) is 0.0570. The standard InChI is InChI=1S/C47H78N8O7/c1-12-19-46(11,32-37(8)57)61-26-25-60-45(10,14-3)35-55-34-42(51-53-55)39-29-38(30-40(31-39)43(58)49-23-22-48-17-6)41-33-54(52-50-41)24-21-47(15-4,16-5)62-28-27-59-44(9,13-2)20-18-36(7)56/h29-31,33-34,48H,12-28,32,35H2,1-11H3,(H,49,58). The Balaban J connectivity index is 1.77. The maximum atomic E-state index is 13.5. The Morgan fingerprint density at radius 2 is 1.21 bits per heavy atom. The third kappa shape index (κ3) is 17.0. The van der Waals surface area contributed by atoms with Gasteiger partial charge in [-0.25, -0.2) is 4.68 Å². The van der Waals surface area contributed by atoms with Crippen LogP contribution in [0.5, 0.6) is 0 Å². The van der Waals surface area contributed by atoms with Crippen LogP contribution in [0, 0.1) is 0 Å². The first-order valence-corrected chi connectivity index (χ1v) is 23.0. The van der Waals surface area contributed by atoms with E-state index in [4.69, 9.17) is 18.9 Å². The van der Waals surface area contributed by atoms with Crippen LogP contribution in [0.2, 0.25) is 0 Å². The fraction of sp³-hybridized carbons (Fsp3) is 0.723. The van der Waals surface area contributed by atoms with Crippen LogP contribution in [-0.2, 0) is 41.6 Å². The average Bonchev–Trinajstić information content (AvgIpc) is 3.93. The SMILES string of the molecule is CCCC(C)(CC(C)=O)OCCOC(C)(CC)Cn1cc(-c2cc(C(=O)NCCNCC)cc(-c3cn(CCC(CC)(CC)OCCOC(C)(CC)CCC(C)=O)nn3)c2)nn1. The predicted octanol–water partition coefficient (Wildman–Crippen LogP) is 7.80. The second-order valence-electron chi connectivity index (χ2n) is 17.5. The third-order valence-corrected chi connectivity index (χ3v) is 12.1. The largest absolute Gasteiger partial charge is 0.373 e. The van der Waals surface area contributed by atoms with Gasteiger partial charge in [0, 0.05) is 49.2 Å². The molecule has 0 aliphatic carbocycles. The van der Waals surface area contributed by atoms with Crippen molar-refractivity contribution in [3.8, 4) is 22.5 Å². The third-order valence-electron chi connectivity index (χ3n) is 12.1. The van der Waals surface area contributed by atoms with Crippen molar-refractivity contribution in [2.45, 2.75) is 176 Å². The molecule has 2 heterocycles. The van der Waals surface area contributed by atoms with E-state index in [0.717, 1.165) is 62.6 Å². The van der Waals surface area contributed by atoms with Crippen LogP contribution < -0.4 is 10.6 Å². The van der Waals surface area contributed by atoms with Crippen LogP contribution in [0.15, 0.2) is 30.6 Å². The number of Topliss-reactive ketones (excluding diaryl/α,β-unsaturated/α-hetero) is 2. The number of carbonyl (C=O) groups is 3. The van der Waals surface area contributed by atoms with Crippen molar-refractivity contribution in [1.29, 1.82) is 0 Å². The van der Waals surface area contributed by atoms with E-state index in [1.165, 1.54) is 0 Å². The molecule has 0 saturated heterocycles. The summed E-state index contributed by atoms with van der Waals surface area (Å²) in [5.41, 5.74) is 1.40. The molecule has 2 N–H and O–H groups in total. The average molecular weight is 867 g/mol. The zero-order valence-electron chi connectivity index (χ0n) is 39.9. The highest BCUT2D eigenvalue weighted by atomic mass is 16.6. The lowest BCUT2D eigenvalue weighted by Crippen LogP contribution is -2.37.